The Kier molecular flexibility index (Phi) is 5.45. The van der Waals surface area contributed by atoms with Gasteiger partial charge in [-0.25, -0.2) is 0 Å². The molecule has 3 heteroatoms. The van der Waals surface area contributed by atoms with Crippen molar-refractivity contribution < 1.29 is 9.47 Å². The van der Waals surface area contributed by atoms with Crippen LogP contribution in [0.3, 0.4) is 0 Å². The van der Waals surface area contributed by atoms with E-state index >= 15 is 0 Å². The van der Waals surface area contributed by atoms with Gasteiger partial charge in [-0.2, -0.15) is 0 Å². The molecule has 1 rings (SSSR count). The molecule has 1 aromatic rings. The fourth-order valence-electron chi connectivity index (χ4n) is 2.22. The van der Waals surface area contributed by atoms with Crippen molar-refractivity contribution in [2.24, 2.45) is 0 Å². The van der Waals surface area contributed by atoms with E-state index in [1.807, 2.05) is 7.05 Å². The molecule has 0 aliphatic heterocycles. The van der Waals surface area contributed by atoms with Crippen molar-refractivity contribution >= 4 is 0 Å². The summed E-state index contributed by atoms with van der Waals surface area (Å²) in [6.45, 7) is 4.95. The topological polar surface area (TPSA) is 30.5 Å². The van der Waals surface area contributed by atoms with Crippen molar-refractivity contribution in [2.45, 2.75) is 26.3 Å². The van der Waals surface area contributed by atoms with Gasteiger partial charge in [0.05, 0.1) is 7.11 Å². The summed E-state index contributed by atoms with van der Waals surface area (Å²) in [4.78, 5) is 0. The standard InChI is InChI=1S/C14H23NO2/c1-10-8-11(2)14(13(9-10)17-5)12(15-3)6-7-16-4/h8-9,12,15H,6-7H2,1-5H3. The number of methoxy groups -OCH3 is 2. The van der Waals surface area contributed by atoms with Crippen LogP contribution in [0.4, 0.5) is 0 Å². The van der Waals surface area contributed by atoms with Crippen LogP contribution in [0.1, 0.15) is 29.2 Å². The Labute approximate surface area is 104 Å². The SMILES string of the molecule is CNC(CCOC)c1c(C)cc(C)cc1OC. The first-order valence-electron chi connectivity index (χ1n) is 5.95. The third-order valence-corrected chi connectivity index (χ3v) is 3.02. The second-order valence-corrected chi connectivity index (χ2v) is 4.32. The first-order valence-corrected chi connectivity index (χ1v) is 5.95. The predicted molar refractivity (Wildman–Crippen MR) is 70.8 cm³/mol. The van der Waals surface area contributed by atoms with Crippen LogP contribution in [0.5, 0.6) is 5.75 Å². The van der Waals surface area contributed by atoms with Crippen LogP contribution in [0.2, 0.25) is 0 Å². The van der Waals surface area contributed by atoms with Gasteiger partial charge in [0.25, 0.3) is 0 Å². The Morgan fingerprint density at radius 2 is 1.94 bits per heavy atom. The van der Waals surface area contributed by atoms with E-state index in [0.29, 0.717) is 0 Å². The zero-order chi connectivity index (χ0) is 12.8. The molecule has 0 saturated heterocycles. The Morgan fingerprint density at radius 3 is 2.47 bits per heavy atom. The van der Waals surface area contributed by atoms with Crippen LogP contribution in [0.15, 0.2) is 12.1 Å². The van der Waals surface area contributed by atoms with Gasteiger partial charge in [-0.15, -0.1) is 0 Å². The smallest absolute Gasteiger partial charge is 0.124 e. The second kappa shape index (κ2) is 6.62. The number of nitrogens with one attached hydrogen (secondary N) is 1. The van der Waals surface area contributed by atoms with Gasteiger partial charge in [-0.1, -0.05) is 6.07 Å². The summed E-state index contributed by atoms with van der Waals surface area (Å²) in [6, 6.07) is 4.54. The second-order valence-electron chi connectivity index (χ2n) is 4.32. The van der Waals surface area contributed by atoms with E-state index in [2.05, 4.69) is 31.3 Å². The van der Waals surface area contributed by atoms with Crippen molar-refractivity contribution in [1.82, 2.24) is 5.32 Å². The van der Waals surface area contributed by atoms with Gasteiger partial charge in [0.2, 0.25) is 0 Å². The highest BCUT2D eigenvalue weighted by Gasteiger charge is 2.17. The summed E-state index contributed by atoms with van der Waals surface area (Å²) in [5.74, 6) is 0.956. The summed E-state index contributed by atoms with van der Waals surface area (Å²) in [5, 5.41) is 3.33. The molecule has 17 heavy (non-hydrogen) atoms. The molecule has 0 radical (unpaired) electrons. The average molecular weight is 237 g/mol. The lowest BCUT2D eigenvalue weighted by atomic mass is 9.96. The molecule has 1 aromatic carbocycles. The highest BCUT2D eigenvalue weighted by atomic mass is 16.5. The maximum Gasteiger partial charge on any atom is 0.124 e. The lowest BCUT2D eigenvalue weighted by molar-refractivity contribution is 0.183. The summed E-state index contributed by atoms with van der Waals surface area (Å²) in [7, 11) is 5.42. The summed E-state index contributed by atoms with van der Waals surface area (Å²) in [6.07, 6.45) is 0.938. The zero-order valence-corrected chi connectivity index (χ0v) is 11.5. The number of rotatable bonds is 6. The molecule has 0 aliphatic carbocycles. The molecular formula is C14H23NO2. The average Bonchev–Trinajstić information content (AvgIpc) is 2.31. The Balaban J connectivity index is 3.08. The normalized spacial score (nSPS) is 12.5. The third kappa shape index (κ3) is 3.45. The minimum atomic E-state index is 0.269. The third-order valence-electron chi connectivity index (χ3n) is 3.02. The Bertz CT molecular complexity index is 363. The number of hydrogen-bond donors (Lipinski definition) is 1. The van der Waals surface area contributed by atoms with Crippen molar-refractivity contribution in [3.05, 3.63) is 28.8 Å². The van der Waals surface area contributed by atoms with Crippen molar-refractivity contribution in [3.8, 4) is 5.75 Å². The maximum atomic E-state index is 5.49. The van der Waals surface area contributed by atoms with Gasteiger partial charge in [0.1, 0.15) is 5.75 Å². The molecule has 0 spiro atoms. The molecule has 0 aliphatic rings. The predicted octanol–water partition coefficient (Wildman–Crippen LogP) is 2.61. The van der Waals surface area contributed by atoms with Gasteiger partial charge in [-0.3, -0.25) is 0 Å². The molecule has 1 atom stereocenters. The maximum absolute atomic E-state index is 5.49. The lowest BCUT2D eigenvalue weighted by Crippen LogP contribution is -2.20. The van der Waals surface area contributed by atoms with Crippen LogP contribution >= 0.6 is 0 Å². The molecule has 96 valence electrons. The minimum absolute atomic E-state index is 0.269. The lowest BCUT2D eigenvalue weighted by Gasteiger charge is -2.22. The zero-order valence-electron chi connectivity index (χ0n) is 11.5. The van der Waals surface area contributed by atoms with E-state index in [4.69, 9.17) is 9.47 Å². The number of hydrogen-bond acceptors (Lipinski definition) is 3. The Morgan fingerprint density at radius 1 is 1.24 bits per heavy atom. The monoisotopic (exact) mass is 237 g/mol. The molecule has 0 saturated carbocycles. The number of ether oxygens (including phenoxy) is 2. The van der Waals surface area contributed by atoms with Crippen LogP contribution in [-0.4, -0.2) is 27.9 Å². The molecule has 1 N–H and O–H groups in total. The minimum Gasteiger partial charge on any atom is -0.496 e. The molecule has 3 nitrogen and oxygen atoms in total. The van der Waals surface area contributed by atoms with E-state index in [1.54, 1.807) is 14.2 Å². The van der Waals surface area contributed by atoms with Crippen molar-refractivity contribution in [3.63, 3.8) is 0 Å². The molecule has 0 aromatic heterocycles. The summed E-state index contributed by atoms with van der Waals surface area (Å²) in [5.41, 5.74) is 3.72. The van der Waals surface area contributed by atoms with Crippen molar-refractivity contribution in [1.29, 1.82) is 0 Å². The van der Waals surface area contributed by atoms with Crippen LogP contribution in [0, 0.1) is 13.8 Å². The van der Waals surface area contributed by atoms with Crippen LogP contribution in [0.25, 0.3) is 0 Å². The van der Waals surface area contributed by atoms with E-state index in [0.717, 1.165) is 18.8 Å². The quantitative estimate of drug-likeness (QED) is 0.825. The van der Waals surface area contributed by atoms with Gasteiger partial charge in [-0.05, 0) is 44.5 Å². The van der Waals surface area contributed by atoms with Gasteiger partial charge in [0, 0.05) is 25.3 Å². The fraction of sp³-hybridized carbons (Fsp3) is 0.571. The number of aryl methyl sites for hydroxylation is 2. The van der Waals surface area contributed by atoms with Crippen molar-refractivity contribution in [2.75, 3.05) is 27.9 Å². The van der Waals surface area contributed by atoms with Crippen LogP contribution in [-0.2, 0) is 4.74 Å². The van der Waals surface area contributed by atoms with Gasteiger partial charge < -0.3 is 14.8 Å². The molecule has 0 bridgehead atoms. The molecule has 0 amide bonds. The molecular weight excluding hydrogens is 214 g/mol. The molecule has 1 unspecified atom stereocenters. The van der Waals surface area contributed by atoms with Crippen LogP contribution < -0.4 is 10.1 Å². The van der Waals surface area contributed by atoms with Gasteiger partial charge >= 0.3 is 0 Å². The molecule has 0 fully saturated rings. The summed E-state index contributed by atoms with van der Waals surface area (Å²) >= 11 is 0. The highest BCUT2D eigenvalue weighted by molar-refractivity contribution is 5.45. The fourth-order valence-corrected chi connectivity index (χ4v) is 2.22. The van der Waals surface area contributed by atoms with Gasteiger partial charge in [0.15, 0.2) is 0 Å². The first kappa shape index (κ1) is 14.0. The summed E-state index contributed by atoms with van der Waals surface area (Å²) < 4.78 is 10.6. The highest BCUT2D eigenvalue weighted by Crippen LogP contribution is 2.31. The largest absolute Gasteiger partial charge is 0.496 e. The van der Waals surface area contributed by atoms with E-state index in [-0.39, 0.29) is 6.04 Å². The van der Waals surface area contributed by atoms with E-state index in [9.17, 15) is 0 Å². The number of benzene rings is 1. The Hall–Kier alpha value is -1.06. The van der Waals surface area contributed by atoms with E-state index < -0.39 is 0 Å². The molecule has 0 heterocycles. The van der Waals surface area contributed by atoms with E-state index in [1.165, 1.54) is 16.7 Å². The first-order chi connectivity index (χ1) is 8.13.